The summed E-state index contributed by atoms with van der Waals surface area (Å²) in [5.41, 5.74) is 8.46. The first-order valence-corrected chi connectivity index (χ1v) is 8.81. The largest absolute Gasteiger partial charge is 0.377 e. The summed E-state index contributed by atoms with van der Waals surface area (Å²) in [4.78, 5) is 14.4. The molecule has 1 aliphatic heterocycles. The van der Waals surface area contributed by atoms with Gasteiger partial charge >= 0.3 is 0 Å². The molecular formula is C19H32ClN3O2. The highest BCUT2D eigenvalue weighted by Gasteiger charge is 2.33. The zero-order chi connectivity index (χ0) is 17.6. The summed E-state index contributed by atoms with van der Waals surface area (Å²) in [5.74, 6) is 0.0691. The maximum Gasteiger partial charge on any atom is 0.234 e. The van der Waals surface area contributed by atoms with Crippen LogP contribution in [0.1, 0.15) is 38.3 Å². The SMILES string of the molecule is CCOCc1ccc(CNC(=O)CN2CCC(N)C(C)(C)C2)cc1.Cl. The second-order valence-corrected chi connectivity index (χ2v) is 7.32. The molecule has 2 rings (SSSR count). The molecule has 1 saturated heterocycles. The summed E-state index contributed by atoms with van der Waals surface area (Å²) >= 11 is 0. The number of carbonyl (C=O) groups is 1. The van der Waals surface area contributed by atoms with Crippen LogP contribution in [0.5, 0.6) is 0 Å². The molecule has 5 nitrogen and oxygen atoms in total. The van der Waals surface area contributed by atoms with E-state index in [1.165, 1.54) is 0 Å². The van der Waals surface area contributed by atoms with Crippen molar-refractivity contribution in [3.8, 4) is 0 Å². The highest BCUT2D eigenvalue weighted by atomic mass is 35.5. The minimum atomic E-state index is 0. The van der Waals surface area contributed by atoms with Crippen molar-refractivity contribution in [3.05, 3.63) is 35.4 Å². The number of rotatable bonds is 7. The Labute approximate surface area is 157 Å². The third kappa shape index (κ3) is 6.94. The van der Waals surface area contributed by atoms with E-state index in [0.717, 1.165) is 37.2 Å². The molecule has 0 radical (unpaired) electrons. The Hall–Kier alpha value is -1.14. The number of halogens is 1. The van der Waals surface area contributed by atoms with Gasteiger partial charge in [0.05, 0.1) is 13.2 Å². The van der Waals surface area contributed by atoms with Gasteiger partial charge in [0.2, 0.25) is 5.91 Å². The zero-order valence-corrected chi connectivity index (χ0v) is 16.4. The van der Waals surface area contributed by atoms with Gasteiger partial charge in [-0.05, 0) is 29.9 Å². The van der Waals surface area contributed by atoms with Gasteiger partial charge in [-0.2, -0.15) is 0 Å². The van der Waals surface area contributed by atoms with Gasteiger partial charge in [0, 0.05) is 32.3 Å². The third-order valence-electron chi connectivity index (χ3n) is 4.74. The zero-order valence-electron chi connectivity index (χ0n) is 15.6. The van der Waals surface area contributed by atoms with Crippen molar-refractivity contribution in [2.24, 2.45) is 11.1 Å². The molecule has 0 aliphatic carbocycles. The number of hydrogen-bond donors (Lipinski definition) is 2. The summed E-state index contributed by atoms with van der Waals surface area (Å²) in [6.45, 7) is 10.4. The molecule has 0 spiro atoms. The Bertz CT molecular complexity index is 534. The number of benzene rings is 1. The molecule has 1 atom stereocenters. The van der Waals surface area contributed by atoms with Crippen molar-refractivity contribution in [1.29, 1.82) is 0 Å². The molecule has 1 unspecified atom stereocenters. The van der Waals surface area contributed by atoms with E-state index in [4.69, 9.17) is 10.5 Å². The second-order valence-electron chi connectivity index (χ2n) is 7.32. The molecular weight excluding hydrogens is 338 g/mol. The summed E-state index contributed by atoms with van der Waals surface area (Å²) in [7, 11) is 0. The number of nitrogens with two attached hydrogens (primary N) is 1. The third-order valence-corrected chi connectivity index (χ3v) is 4.74. The van der Waals surface area contributed by atoms with Crippen LogP contribution in [0, 0.1) is 5.41 Å². The molecule has 0 bridgehead atoms. The van der Waals surface area contributed by atoms with E-state index >= 15 is 0 Å². The Morgan fingerprint density at radius 2 is 1.96 bits per heavy atom. The van der Waals surface area contributed by atoms with Crippen molar-refractivity contribution < 1.29 is 9.53 Å². The predicted octanol–water partition coefficient (Wildman–Crippen LogP) is 2.32. The first kappa shape index (κ1) is 21.9. The number of piperidine rings is 1. The fourth-order valence-corrected chi connectivity index (χ4v) is 3.05. The molecule has 1 heterocycles. The number of nitrogens with zero attached hydrogens (tertiary/aromatic N) is 1. The lowest BCUT2D eigenvalue weighted by Crippen LogP contribution is -2.54. The standard InChI is InChI=1S/C19H31N3O2.ClH/c1-4-24-13-16-7-5-15(6-8-16)11-21-18(23)12-22-10-9-17(20)19(2,3)14-22;/h5-8,17H,4,9-14,20H2,1-3H3,(H,21,23);1H. The first-order valence-electron chi connectivity index (χ1n) is 8.81. The number of carbonyl (C=O) groups excluding carboxylic acids is 1. The number of ether oxygens (including phenoxy) is 1. The average Bonchev–Trinajstić information content (AvgIpc) is 2.55. The van der Waals surface area contributed by atoms with E-state index in [2.05, 4.69) is 24.1 Å². The minimum absolute atomic E-state index is 0. The molecule has 0 aromatic heterocycles. The van der Waals surface area contributed by atoms with Crippen LogP contribution in [0.2, 0.25) is 0 Å². The maximum atomic E-state index is 12.2. The Morgan fingerprint density at radius 3 is 2.56 bits per heavy atom. The lowest BCUT2D eigenvalue weighted by molar-refractivity contribution is -0.123. The molecule has 6 heteroatoms. The molecule has 0 saturated carbocycles. The normalized spacial score (nSPS) is 19.9. The van der Waals surface area contributed by atoms with Crippen molar-refractivity contribution in [3.63, 3.8) is 0 Å². The average molecular weight is 370 g/mol. The van der Waals surface area contributed by atoms with Crippen LogP contribution in [-0.4, -0.2) is 43.1 Å². The minimum Gasteiger partial charge on any atom is -0.377 e. The number of amides is 1. The predicted molar refractivity (Wildman–Crippen MR) is 104 cm³/mol. The quantitative estimate of drug-likeness (QED) is 0.774. The molecule has 1 aliphatic rings. The summed E-state index contributed by atoms with van der Waals surface area (Å²) < 4.78 is 5.38. The Kier molecular flexibility index (Phi) is 8.86. The van der Waals surface area contributed by atoms with Crippen molar-refractivity contribution in [2.75, 3.05) is 26.2 Å². The summed E-state index contributed by atoms with van der Waals surface area (Å²) in [5, 5.41) is 3.00. The van der Waals surface area contributed by atoms with Gasteiger partial charge < -0.3 is 15.8 Å². The van der Waals surface area contributed by atoms with E-state index in [0.29, 0.717) is 19.7 Å². The van der Waals surface area contributed by atoms with E-state index in [-0.39, 0.29) is 29.8 Å². The van der Waals surface area contributed by atoms with Gasteiger partial charge in [-0.15, -0.1) is 12.4 Å². The number of hydrogen-bond acceptors (Lipinski definition) is 4. The fourth-order valence-electron chi connectivity index (χ4n) is 3.05. The molecule has 142 valence electrons. The van der Waals surface area contributed by atoms with E-state index in [9.17, 15) is 4.79 Å². The smallest absolute Gasteiger partial charge is 0.234 e. The van der Waals surface area contributed by atoms with Crippen LogP contribution in [0.4, 0.5) is 0 Å². The van der Waals surface area contributed by atoms with Gasteiger partial charge in [0.1, 0.15) is 0 Å². The van der Waals surface area contributed by atoms with Gasteiger partial charge in [-0.25, -0.2) is 0 Å². The highest BCUT2D eigenvalue weighted by molar-refractivity contribution is 5.85. The van der Waals surface area contributed by atoms with Crippen LogP contribution in [0.25, 0.3) is 0 Å². The Morgan fingerprint density at radius 1 is 1.32 bits per heavy atom. The van der Waals surface area contributed by atoms with Crippen molar-refractivity contribution in [1.82, 2.24) is 10.2 Å². The number of likely N-dealkylation sites (tertiary alicyclic amines) is 1. The maximum absolute atomic E-state index is 12.2. The lowest BCUT2D eigenvalue weighted by atomic mass is 9.80. The molecule has 1 aromatic carbocycles. The van der Waals surface area contributed by atoms with Crippen LogP contribution >= 0.6 is 12.4 Å². The lowest BCUT2D eigenvalue weighted by Gasteiger charge is -2.42. The van der Waals surface area contributed by atoms with E-state index in [1.54, 1.807) is 0 Å². The van der Waals surface area contributed by atoms with Gasteiger partial charge in [0.15, 0.2) is 0 Å². The van der Waals surface area contributed by atoms with Gasteiger partial charge in [0.25, 0.3) is 0 Å². The molecule has 1 aromatic rings. The molecule has 3 N–H and O–H groups in total. The Balaban J connectivity index is 0.00000312. The summed E-state index contributed by atoms with van der Waals surface area (Å²) in [6, 6.07) is 8.39. The van der Waals surface area contributed by atoms with Crippen LogP contribution in [0.3, 0.4) is 0 Å². The molecule has 25 heavy (non-hydrogen) atoms. The summed E-state index contributed by atoms with van der Waals surface area (Å²) in [6.07, 6.45) is 0.946. The topological polar surface area (TPSA) is 67.6 Å². The van der Waals surface area contributed by atoms with E-state index < -0.39 is 0 Å². The van der Waals surface area contributed by atoms with Crippen LogP contribution in [-0.2, 0) is 22.7 Å². The van der Waals surface area contributed by atoms with Crippen molar-refractivity contribution >= 4 is 18.3 Å². The van der Waals surface area contributed by atoms with E-state index in [1.807, 2.05) is 31.2 Å². The number of nitrogens with one attached hydrogen (secondary N) is 1. The highest BCUT2D eigenvalue weighted by Crippen LogP contribution is 2.27. The fraction of sp³-hybridized carbons (Fsp3) is 0.632. The second kappa shape index (κ2) is 10.1. The van der Waals surface area contributed by atoms with Crippen molar-refractivity contribution in [2.45, 2.75) is 46.4 Å². The molecule has 1 fully saturated rings. The van der Waals surface area contributed by atoms with Gasteiger partial charge in [-0.3, -0.25) is 9.69 Å². The van der Waals surface area contributed by atoms with Gasteiger partial charge in [-0.1, -0.05) is 38.1 Å². The van der Waals surface area contributed by atoms with Crippen LogP contribution < -0.4 is 11.1 Å². The first-order chi connectivity index (χ1) is 11.4. The molecule has 1 amide bonds. The van der Waals surface area contributed by atoms with Crippen LogP contribution in [0.15, 0.2) is 24.3 Å². The monoisotopic (exact) mass is 369 g/mol.